The zero-order chi connectivity index (χ0) is 20.2. The number of amides is 1. The van der Waals surface area contributed by atoms with E-state index >= 15 is 0 Å². The van der Waals surface area contributed by atoms with Crippen LogP contribution in [-0.2, 0) is 9.53 Å². The van der Waals surface area contributed by atoms with Crippen molar-refractivity contribution in [2.75, 3.05) is 23.8 Å². The Bertz CT molecular complexity index is 981. The highest BCUT2D eigenvalue weighted by Crippen LogP contribution is 2.33. The monoisotopic (exact) mass is 426 g/mol. The van der Waals surface area contributed by atoms with Crippen molar-refractivity contribution in [1.82, 2.24) is 4.98 Å². The molecule has 6 heteroatoms. The van der Waals surface area contributed by atoms with Gasteiger partial charge in [-0.25, -0.2) is 4.98 Å². The summed E-state index contributed by atoms with van der Waals surface area (Å²) >= 11 is 3.32. The third-order valence-corrected chi connectivity index (χ3v) is 7.13. The number of rotatable bonds is 7. The van der Waals surface area contributed by atoms with Crippen molar-refractivity contribution in [3.05, 3.63) is 53.6 Å². The average Bonchev–Trinajstić information content (AvgIpc) is 3.36. The lowest BCUT2D eigenvalue weighted by Gasteiger charge is -2.23. The molecule has 1 atom stereocenters. The predicted octanol–water partition coefficient (Wildman–Crippen LogP) is 5.61. The van der Waals surface area contributed by atoms with Gasteiger partial charge in [-0.05, 0) is 56.0 Å². The maximum Gasteiger partial charge on any atom is 0.229 e. The molecule has 4 nitrogen and oxygen atoms in total. The highest BCUT2D eigenvalue weighted by Gasteiger charge is 2.26. The standard InChI is InChI=1S/C23H26N2O2S2/c1-16-13-17(2)22-20(14-16)29-23(24-22)25(15-18-7-6-11-27-18)21(26)10-12-28-19-8-4-3-5-9-19/h3-5,8-9,13-14,18H,6-7,10-12,15H2,1-2H3. The molecule has 152 valence electrons. The predicted molar refractivity (Wildman–Crippen MR) is 122 cm³/mol. The van der Waals surface area contributed by atoms with E-state index in [9.17, 15) is 4.79 Å². The Labute approximate surface area is 180 Å². The van der Waals surface area contributed by atoms with Crippen molar-refractivity contribution in [1.29, 1.82) is 0 Å². The van der Waals surface area contributed by atoms with Crippen LogP contribution in [-0.4, -0.2) is 35.9 Å². The first-order valence-electron chi connectivity index (χ1n) is 10.1. The highest BCUT2D eigenvalue weighted by molar-refractivity contribution is 7.99. The lowest BCUT2D eigenvalue weighted by atomic mass is 10.1. The summed E-state index contributed by atoms with van der Waals surface area (Å²) in [7, 11) is 0. The smallest absolute Gasteiger partial charge is 0.229 e. The molecule has 0 bridgehead atoms. The van der Waals surface area contributed by atoms with Crippen LogP contribution in [0.4, 0.5) is 5.13 Å². The maximum absolute atomic E-state index is 13.2. The normalized spacial score (nSPS) is 16.4. The van der Waals surface area contributed by atoms with E-state index in [1.54, 1.807) is 23.1 Å². The number of aromatic nitrogens is 1. The second-order valence-electron chi connectivity index (χ2n) is 7.48. The molecule has 1 saturated heterocycles. The van der Waals surface area contributed by atoms with Gasteiger partial charge in [-0.1, -0.05) is 35.6 Å². The van der Waals surface area contributed by atoms with Crippen LogP contribution in [0.2, 0.25) is 0 Å². The summed E-state index contributed by atoms with van der Waals surface area (Å²) in [5.74, 6) is 0.880. The fourth-order valence-corrected chi connectivity index (χ4v) is 5.69. The van der Waals surface area contributed by atoms with Gasteiger partial charge in [0.1, 0.15) is 0 Å². The van der Waals surface area contributed by atoms with Crippen molar-refractivity contribution < 1.29 is 9.53 Å². The van der Waals surface area contributed by atoms with Crippen LogP contribution in [0.25, 0.3) is 10.2 Å². The molecule has 1 aliphatic heterocycles. The zero-order valence-corrected chi connectivity index (χ0v) is 18.5. The van der Waals surface area contributed by atoms with E-state index in [2.05, 4.69) is 38.1 Å². The highest BCUT2D eigenvalue weighted by atomic mass is 32.2. The van der Waals surface area contributed by atoms with E-state index in [-0.39, 0.29) is 12.0 Å². The number of benzene rings is 2. The molecule has 4 rings (SSSR count). The lowest BCUT2D eigenvalue weighted by molar-refractivity contribution is -0.118. The van der Waals surface area contributed by atoms with Crippen LogP contribution in [0.15, 0.2) is 47.4 Å². The van der Waals surface area contributed by atoms with Gasteiger partial charge in [0.05, 0.1) is 22.9 Å². The first-order valence-corrected chi connectivity index (χ1v) is 11.9. The molecule has 1 amide bonds. The SMILES string of the molecule is Cc1cc(C)c2nc(N(CC3CCCO3)C(=O)CCSc3ccccc3)sc2c1. The average molecular weight is 427 g/mol. The fraction of sp³-hybridized carbons (Fsp3) is 0.391. The van der Waals surface area contributed by atoms with Crippen LogP contribution in [0.1, 0.15) is 30.4 Å². The molecular formula is C23H26N2O2S2. The third-order valence-electron chi connectivity index (χ3n) is 5.09. The molecule has 0 saturated carbocycles. The quantitative estimate of drug-likeness (QED) is 0.461. The maximum atomic E-state index is 13.2. The van der Waals surface area contributed by atoms with Crippen molar-refractivity contribution >= 4 is 44.4 Å². The largest absolute Gasteiger partial charge is 0.376 e. The Morgan fingerprint density at radius 3 is 2.86 bits per heavy atom. The number of thioether (sulfide) groups is 1. The van der Waals surface area contributed by atoms with Gasteiger partial charge in [-0.2, -0.15) is 0 Å². The minimum atomic E-state index is 0.107. The van der Waals surface area contributed by atoms with Gasteiger partial charge in [-0.15, -0.1) is 11.8 Å². The molecule has 2 aromatic carbocycles. The number of nitrogens with zero attached hydrogens (tertiary/aromatic N) is 2. The van der Waals surface area contributed by atoms with Gasteiger partial charge in [-0.3, -0.25) is 9.69 Å². The van der Waals surface area contributed by atoms with Crippen molar-refractivity contribution in [3.8, 4) is 0 Å². The van der Waals surface area contributed by atoms with Gasteiger partial charge in [0.25, 0.3) is 0 Å². The fourth-order valence-electron chi connectivity index (χ4n) is 3.66. The number of carbonyl (C=O) groups excluding carboxylic acids is 1. The van der Waals surface area contributed by atoms with Crippen molar-refractivity contribution in [3.63, 3.8) is 0 Å². The summed E-state index contributed by atoms with van der Waals surface area (Å²) in [5, 5.41) is 0.791. The van der Waals surface area contributed by atoms with E-state index in [1.807, 2.05) is 23.1 Å². The van der Waals surface area contributed by atoms with Gasteiger partial charge < -0.3 is 4.74 Å². The molecule has 0 spiro atoms. The molecule has 1 aliphatic rings. The first kappa shape index (κ1) is 20.4. The molecule has 29 heavy (non-hydrogen) atoms. The molecule has 1 unspecified atom stereocenters. The number of aryl methyl sites for hydroxylation is 2. The van der Waals surface area contributed by atoms with E-state index in [1.165, 1.54) is 10.5 Å². The molecule has 3 aromatic rings. The number of thiazole rings is 1. The van der Waals surface area contributed by atoms with Gasteiger partial charge in [0, 0.05) is 23.7 Å². The number of hydrogen-bond acceptors (Lipinski definition) is 5. The van der Waals surface area contributed by atoms with E-state index in [0.717, 1.165) is 46.1 Å². The second kappa shape index (κ2) is 9.28. The molecule has 0 aliphatic carbocycles. The molecule has 2 heterocycles. The summed E-state index contributed by atoms with van der Waals surface area (Å²) in [4.78, 5) is 21.1. The molecule has 1 fully saturated rings. The lowest BCUT2D eigenvalue weighted by Crippen LogP contribution is -2.37. The Morgan fingerprint density at radius 2 is 2.10 bits per heavy atom. The van der Waals surface area contributed by atoms with Crippen LogP contribution in [0.5, 0.6) is 0 Å². The number of ether oxygens (including phenoxy) is 1. The molecular weight excluding hydrogens is 400 g/mol. The van der Waals surface area contributed by atoms with Crippen molar-refractivity contribution in [2.24, 2.45) is 0 Å². The summed E-state index contributed by atoms with van der Waals surface area (Å²) < 4.78 is 6.96. The first-order chi connectivity index (χ1) is 14.1. The Hall–Kier alpha value is -1.89. The zero-order valence-electron chi connectivity index (χ0n) is 16.9. The summed E-state index contributed by atoms with van der Waals surface area (Å²) in [6.07, 6.45) is 2.66. The Morgan fingerprint density at radius 1 is 1.28 bits per heavy atom. The van der Waals surface area contributed by atoms with Gasteiger partial charge in [0.2, 0.25) is 5.91 Å². The Kier molecular flexibility index (Phi) is 6.53. The second-order valence-corrected chi connectivity index (χ2v) is 9.65. The van der Waals surface area contributed by atoms with E-state index in [0.29, 0.717) is 13.0 Å². The summed E-state index contributed by atoms with van der Waals surface area (Å²) in [5.41, 5.74) is 3.38. The molecule has 0 radical (unpaired) electrons. The molecule has 0 N–H and O–H groups in total. The topological polar surface area (TPSA) is 42.4 Å². The van der Waals surface area contributed by atoms with Crippen LogP contribution >= 0.6 is 23.1 Å². The number of fused-ring (bicyclic) bond motifs is 1. The number of hydrogen-bond donors (Lipinski definition) is 0. The number of anilines is 1. The minimum absolute atomic E-state index is 0.107. The summed E-state index contributed by atoms with van der Waals surface area (Å²) in [6.45, 7) is 5.56. The van der Waals surface area contributed by atoms with E-state index in [4.69, 9.17) is 9.72 Å². The number of carbonyl (C=O) groups is 1. The van der Waals surface area contributed by atoms with Gasteiger partial charge in [0.15, 0.2) is 5.13 Å². The van der Waals surface area contributed by atoms with Crippen LogP contribution < -0.4 is 4.90 Å². The van der Waals surface area contributed by atoms with E-state index < -0.39 is 0 Å². The van der Waals surface area contributed by atoms with Gasteiger partial charge >= 0.3 is 0 Å². The van der Waals surface area contributed by atoms with Crippen LogP contribution in [0, 0.1) is 13.8 Å². The van der Waals surface area contributed by atoms with Crippen molar-refractivity contribution in [2.45, 2.75) is 44.1 Å². The third kappa shape index (κ3) is 5.00. The molecule has 1 aromatic heterocycles. The Balaban J connectivity index is 1.52. The van der Waals surface area contributed by atoms with Crippen LogP contribution in [0.3, 0.4) is 0 Å². The minimum Gasteiger partial charge on any atom is -0.376 e. The summed E-state index contributed by atoms with van der Waals surface area (Å²) in [6, 6.07) is 14.5.